The van der Waals surface area contributed by atoms with Gasteiger partial charge < -0.3 is 9.64 Å². The number of methoxy groups -OCH3 is 1. The molecule has 0 amide bonds. The maximum atomic E-state index is 11.2. The van der Waals surface area contributed by atoms with Gasteiger partial charge in [-0.25, -0.2) is 0 Å². The summed E-state index contributed by atoms with van der Waals surface area (Å²) in [5, 5.41) is 26.0. The number of anilines is 2. The number of hydrogen-bond acceptors (Lipinski definition) is 8. The van der Waals surface area contributed by atoms with Crippen LogP contribution in [-0.4, -0.2) is 36.3 Å². The molecule has 0 unspecified atom stereocenters. The van der Waals surface area contributed by atoms with Crippen molar-refractivity contribution in [3.63, 3.8) is 0 Å². The van der Waals surface area contributed by atoms with E-state index in [-0.39, 0.29) is 11.4 Å². The number of benzene rings is 2. The van der Waals surface area contributed by atoms with E-state index in [1.807, 2.05) is 18.2 Å². The average Bonchev–Trinajstić information content (AvgIpc) is 2.74. The van der Waals surface area contributed by atoms with Gasteiger partial charge in [0.1, 0.15) is 11.4 Å². The third-order valence-corrected chi connectivity index (χ3v) is 4.72. The third-order valence-electron chi connectivity index (χ3n) is 4.72. The number of hydrogen-bond donors (Lipinski definition) is 1. The zero-order chi connectivity index (χ0) is 20.8. The first-order valence-electron chi connectivity index (χ1n) is 9.14. The summed E-state index contributed by atoms with van der Waals surface area (Å²) in [5.41, 5.74) is 3.63. The van der Waals surface area contributed by atoms with Crippen LogP contribution in [0.2, 0.25) is 0 Å². The second-order valence-corrected chi connectivity index (χ2v) is 6.56. The quantitative estimate of drug-likeness (QED) is 0.425. The summed E-state index contributed by atoms with van der Waals surface area (Å²) in [7, 11) is 1.57. The molecule has 0 spiro atoms. The van der Waals surface area contributed by atoms with Crippen LogP contribution in [0.15, 0.2) is 41.5 Å². The minimum Gasteiger partial charge on any atom is -0.496 e. The summed E-state index contributed by atoms with van der Waals surface area (Å²) in [6, 6.07) is 9.14. The smallest absolute Gasteiger partial charge is 0.301 e. The Bertz CT molecular complexity index is 941. The van der Waals surface area contributed by atoms with Gasteiger partial charge in [0, 0.05) is 36.5 Å². The first kappa shape index (κ1) is 20.1. The van der Waals surface area contributed by atoms with Crippen molar-refractivity contribution in [2.75, 3.05) is 30.5 Å². The standard InChI is InChI=1S/C19H21N5O5/c1-29-19-12-15(22-9-3-2-4-10-22)6-5-14(19)13-20-21-17-8-7-16(23(25)26)11-18(17)24(27)28/h5-8,11-13,21H,2-4,9-10H2,1H3/b20-13-. The lowest BCUT2D eigenvalue weighted by Gasteiger charge is -2.29. The average molecular weight is 399 g/mol. The van der Waals surface area contributed by atoms with Crippen molar-refractivity contribution in [2.24, 2.45) is 5.10 Å². The van der Waals surface area contributed by atoms with Crippen molar-refractivity contribution in [3.05, 3.63) is 62.2 Å². The number of ether oxygens (including phenoxy) is 1. The highest BCUT2D eigenvalue weighted by Crippen LogP contribution is 2.29. The summed E-state index contributed by atoms with van der Waals surface area (Å²) in [6.45, 7) is 2.03. The van der Waals surface area contributed by atoms with E-state index in [0.717, 1.165) is 24.8 Å². The number of nitrogens with one attached hydrogen (secondary N) is 1. The molecule has 10 nitrogen and oxygen atoms in total. The van der Waals surface area contributed by atoms with Crippen molar-refractivity contribution >= 4 is 29.0 Å². The number of piperidine rings is 1. The van der Waals surface area contributed by atoms with Crippen LogP contribution in [0.5, 0.6) is 5.75 Å². The van der Waals surface area contributed by atoms with Gasteiger partial charge in [-0.15, -0.1) is 0 Å². The number of nitro benzene ring substituents is 2. The zero-order valence-corrected chi connectivity index (χ0v) is 15.9. The molecule has 2 aromatic carbocycles. The largest absolute Gasteiger partial charge is 0.496 e. The molecule has 1 aliphatic heterocycles. The molecule has 3 rings (SSSR count). The van der Waals surface area contributed by atoms with Crippen LogP contribution >= 0.6 is 0 Å². The van der Waals surface area contributed by atoms with Gasteiger partial charge in [-0.05, 0) is 37.5 Å². The van der Waals surface area contributed by atoms with Gasteiger partial charge in [0.05, 0.1) is 29.2 Å². The predicted molar refractivity (Wildman–Crippen MR) is 110 cm³/mol. The highest BCUT2D eigenvalue weighted by atomic mass is 16.6. The molecule has 1 fully saturated rings. The summed E-state index contributed by atoms with van der Waals surface area (Å²) in [6.07, 6.45) is 5.08. The van der Waals surface area contributed by atoms with E-state index in [9.17, 15) is 20.2 Å². The SMILES string of the molecule is COc1cc(N2CCCCC2)ccc1/C=N\Nc1ccc([N+](=O)[O-])cc1[N+](=O)[O-]. The second kappa shape index (κ2) is 9.00. The van der Waals surface area contributed by atoms with Gasteiger partial charge in [-0.3, -0.25) is 25.7 Å². The van der Waals surface area contributed by atoms with Crippen LogP contribution in [0, 0.1) is 20.2 Å². The fourth-order valence-corrected chi connectivity index (χ4v) is 3.21. The van der Waals surface area contributed by atoms with Crippen LogP contribution in [0.4, 0.5) is 22.7 Å². The van der Waals surface area contributed by atoms with Crippen LogP contribution in [0.1, 0.15) is 24.8 Å². The number of nitro groups is 2. The molecule has 29 heavy (non-hydrogen) atoms. The first-order chi connectivity index (χ1) is 14.0. The molecule has 1 saturated heterocycles. The Kier molecular flexibility index (Phi) is 6.22. The maximum absolute atomic E-state index is 11.2. The van der Waals surface area contributed by atoms with Gasteiger partial charge in [-0.1, -0.05) is 0 Å². The van der Waals surface area contributed by atoms with Crippen LogP contribution in [-0.2, 0) is 0 Å². The highest BCUT2D eigenvalue weighted by Gasteiger charge is 2.19. The molecular formula is C19H21N5O5. The van der Waals surface area contributed by atoms with Crippen molar-refractivity contribution < 1.29 is 14.6 Å². The van der Waals surface area contributed by atoms with Gasteiger partial charge >= 0.3 is 5.69 Å². The van der Waals surface area contributed by atoms with Crippen molar-refractivity contribution in [3.8, 4) is 5.75 Å². The lowest BCUT2D eigenvalue weighted by molar-refractivity contribution is -0.393. The number of nitrogens with zero attached hydrogens (tertiary/aromatic N) is 4. The molecule has 0 aliphatic carbocycles. The zero-order valence-electron chi connectivity index (χ0n) is 15.9. The molecule has 2 aromatic rings. The van der Waals surface area contributed by atoms with E-state index in [1.165, 1.54) is 37.6 Å². The minimum absolute atomic E-state index is 0.0563. The maximum Gasteiger partial charge on any atom is 0.301 e. The molecule has 0 atom stereocenters. The minimum atomic E-state index is -0.696. The number of hydrazone groups is 1. The normalized spacial score (nSPS) is 14.0. The molecule has 1 N–H and O–H groups in total. The molecule has 0 aromatic heterocycles. The second-order valence-electron chi connectivity index (χ2n) is 6.56. The van der Waals surface area contributed by atoms with E-state index in [1.54, 1.807) is 7.11 Å². The fraction of sp³-hybridized carbons (Fsp3) is 0.316. The van der Waals surface area contributed by atoms with E-state index in [2.05, 4.69) is 15.4 Å². The Balaban J connectivity index is 1.78. The van der Waals surface area contributed by atoms with Crippen LogP contribution in [0.25, 0.3) is 0 Å². The Morgan fingerprint density at radius 2 is 1.83 bits per heavy atom. The first-order valence-corrected chi connectivity index (χ1v) is 9.14. The monoisotopic (exact) mass is 399 g/mol. The van der Waals surface area contributed by atoms with E-state index in [0.29, 0.717) is 11.3 Å². The molecule has 0 radical (unpaired) electrons. The van der Waals surface area contributed by atoms with Crippen LogP contribution < -0.4 is 15.1 Å². The topological polar surface area (TPSA) is 123 Å². The summed E-state index contributed by atoms with van der Waals surface area (Å²) < 4.78 is 5.45. The van der Waals surface area contributed by atoms with Gasteiger partial charge in [-0.2, -0.15) is 5.10 Å². The van der Waals surface area contributed by atoms with E-state index < -0.39 is 15.5 Å². The summed E-state index contributed by atoms with van der Waals surface area (Å²) in [4.78, 5) is 22.9. The summed E-state index contributed by atoms with van der Waals surface area (Å²) >= 11 is 0. The molecule has 1 aliphatic rings. The number of rotatable bonds is 7. The van der Waals surface area contributed by atoms with Gasteiger partial charge in [0.2, 0.25) is 0 Å². The Labute approximate surface area is 167 Å². The third kappa shape index (κ3) is 4.78. The fourth-order valence-electron chi connectivity index (χ4n) is 3.21. The molecular weight excluding hydrogens is 378 g/mol. The molecule has 1 heterocycles. The van der Waals surface area contributed by atoms with E-state index >= 15 is 0 Å². The number of non-ortho nitro benzene ring substituents is 1. The Morgan fingerprint density at radius 3 is 2.48 bits per heavy atom. The van der Waals surface area contributed by atoms with Gasteiger partial charge in [0.25, 0.3) is 5.69 Å². The van der Waals surface area contributed by atoms with E-state index in [4.69, 9.17) is 4.74 Å². The van der Waals surface area contributed by atoms with Crippen molar-refractivity contribution in [1.29, 1.82) is 0 Å². The van der Waals surface area contributed by atoms with Gasteiger partial charge in [0.15, 0.2) is 0 Å². The van der Waals surface area contributed by atoms with Crippen LogP contribution in [0.3, 0.4) is 0 Å². The lowest BCUT2D eigenvalue weighted by atomic mass is 10.1. The highest BCUT2D eigenvalue weighted by molar-refractivity contribution is 5.85. The van der Waals surface area contributed by atoms with Crippen molar-refractivity contribution in [2.45, 2.75) is 19.3 Å². The lowest BCUT2D eigenvalue weighted by Crippen LogP contribution is -2.29. The Morgan fingerprint density at radius 1 is 1.07 bits per heavy atom. The summed E-state index contributed by atoms with van der Waals surface area (Å²) in [5.74, 6) is 0.636. The predicted octanol–water partition coefficient (Wildman–Crippen LogP) is 3.95. The Hall–Kier alpha value is -3.69. The molecule has 10 heteroatoms. The molecule has 0 bridgehead atoms. The molecule has 152 valence electrons. The molecule has 0 saturated carbocycles. The van der Waals surface area contributed by atoms with Crippen molar-refractivity contribution in [1.82, 2.24) is 0 Å².